The Bertz CT molecular complexity index is 1480. The average molecular weight is 530 g/mol. The number of ether oxygens (including phenoxy) is 1. The third-order valence-electron chi connectivity index (χ3n) is 6.25. The van der Waals surface area contributed by atoms with E-state index >= 15 is 0 Å². The number of pyridine rings is 1. The summed E-state index contributed by atoms with van der Waals surface area (Å²) in [5.74, 6) is -1.65. The van der Waals surface area contributed by atoms with Crippen LogP contribution in [0.1, 0.15) is 55.3 Å². The molecule has 0 radical (unpaired) electrons. The second kappa shape index (κ2) is 11.5. The van der Waals surface area contributed by atoms with Crippen molar-refractivity contribution in [1.82, 2.24) is 10.3 Å². The first-order valence-electron chi connectivity index (χ1n) is 12.0. The zero-order valence-electron chi connectivity index (χ0n) is 21.1. The topological polar surface area (TPSA) is 176 Å². The van der Waals surface area contributed by atoms with Crippen molar-refractivity contribution in [3.63, 3.8) is 0 Å². The molecule has 1 heterocycles. The summed E-state index contributed by atoms with van der Waals surface area (Å²) >= 11 is 0. The fourth-order valence-corrected chi connectivity index (χ4v) is 3.94. The summed E-state index contributed by atoms with van der Waals surface area (Å²) < 4.78 is 5.44. The van der Waals surface area contributed by atoms with E-state index in [0.29, 0.717) is 35.0 Å². The minimum Gasteiger partial charge on any atom is -0.496 e. The maximum absolute atomic E-state index is 13.5. The molecule has 11 nitrogen and oxygen atoms in total. The molecule has 1 aliphatic carbocycles. The van der Waals surface area contributed by atoms with E-state index in [0.717, 1.165) is 12.8 Å². The number of hydrogen-bond donors (Lipinski definition) is 5. The average Bonchev–Trinajstić information content (AvgIpc) is 3.79. The Morgan fingerprint density at radius 3 is 2.44 bits per heavy atom. The predicted molar refractivity (Wildman–Crippen MR) is 145 cm³/mol. The van der Waals surface area contributed by atoms with Gasteiger partial charge in [-0.1, -0.05) is 17.8 Å². The summed E-state index contributed by atoms with van der Waals surface area (Å²) in [6.07, 6.45) is 3.61. The molecule has 1 saturated carbocycles. The SMILES string of the molecule is C=Cc1cc(C(=O)Nc2ccc(C(N)=NO)cc2)c(-c2ccc(C(=O)NCC3CC3)nc2C(=O)O)cc1OC. The number of amidine groups is 1. The first-order chi connectivity index (χ1) is 18.7. The van der Waals surface area contributed by atoms with Crippen LogP contribution in [0.5, 0.6) is 5.75 Å². The van der Waals surface area contributed by atoms with Gasteiger partial charge in [0, 0.05) is 40.0 Å². The summed E-state index contributed by atoms with van der Waals surface area (Å²) in [7, 11) is 1.44. The van der Waals surface area contributed by atoms with Crippen LogP contribution in [-0.4, -0.2) is 52.6 Å². The molecule has 0 unspecified atom stereocenters. The molecular formula is C28H27N5O6. The second-order valence-electron chi connectivity index (χ2n) is 8.91. The molecule has 2 amide bonds. The first-order valence-corrected chi connectivity index (χ1v) is 12.0. The van der Waals surface area contributed by atoms with Crippen molar-refractivity contribution in [3.05, 3.63) is 83.2 Å². The van der Waals surface area contributed by atoms with Crippen LogP contribution in [0.25, 0.3) is 17.2 Å². The quantitative estimate of drug-likeness (QED) is 0.115. The third kappa shape index (κ3) is 6.04. The molecule has 3 aromatic rings. The van der Waals surface area contributed by atoms with Gasteiger partial charge < -0.3 is 31.4 Å². The molecule has 0 aliphatic heterocycles. The highest BCUT2D eigenvalue weighted by molar-refractivity contribution is 6.11. The molecule has 0 bridgehead atoms. The number of carbonyl (C=O) groups is 3. The summed E-state index contributed by atoms with van der Waals surface area (Å²) in [5, 5.41) is 27.3. The molecule has 0 atom stereocenters. The van der Waals surface area contributed by atoms with Gasteiger partial charge in [-0.2, -0.15) is 0 Å². The Kier molecular flexibility index (Phi) is 7.90. The number of nitrogens with zero attached hydrogens (tertiary/aromatic N) is 2. The minimum atomic E-state index is -1.36. The zero-order chi connectivity index (χ0) is 28.1. The maximum atomic E-state index is 13.5. The highest BCUT2D eigenvalue weighted by Gasteiger charge is 2.25. The summed E-state index contributed by atoms with van der Waals surface area (Å²) in [6.45, 7) is 4.28. The fraction of sp³-hybridized carbons (Fsp3) is 0.179. The first kappa shape index (κ1) is 26.9. The Hall–Kier alpha value is -5.19. The van der Waals surface area contributed by atoms with Gasteiger partial charge >= 0.3 is 5.97 Å². The number of oxime groups is 1. The molecular weight excluding hydrogens is 502 g/mol. The normalized spacial score (nSPS) is 12.9. The fourth-order valence-electron chi connectivity index (χ4n) is 3.94. The summed E-state index contributed by atoms with van der Waals surface area (Å²) in [4.78, 5) is 42.4. The molecule has 6 N–H and O–H groups in total. The number of hydrogen-bond acceptors (Lipinski definition) is 7. The standard InChI is InChI=1S/C28H27N5O6/c1-3-16-12-21(26(34)31-18-8-6-17(7-9-18)25(29)33-38)20(13-23(16)39-2)19-10-11-22(32-24(19)28(36)37)27(35)30-14-15-4-5-15/h3,6-13,15,38H,1,4-5,14H2,2H3,(H2,29,33)(H,30,35)(H,31,34)(H,36,37). The molecule has 11 heteroatoms. The zero-order valence-corrected chi connectivity index (χ0v) is 21.1. The number of carbonyl (C=O) groups excluding carboxylic acids is 2. The smallest absolute Gasteiger partial charge is 0.355 e. The Morgan fingerprint density at radius 2 is 1.85 bits per heavy atom. The highest BCUT2D eigenvalue weighted by atomic mass is 16.5. The van der Waals surface area contributed by atoms with E-state index in [4.69, 9.17) is 15.7 Å². The van der Waals surface area contributed by atoms with Crippen molar-refractivity contribution in [2.45, 2.75) is 12.8 Å². The molecule has 0 spiro atoms. The number of nitrogens with one attached hydrogen (secondary N) is 2. The lowest BCUT2D eigenvalue weighted by Gasteiger charge is -2.16. The van der Waals surface area contributed by atoms with Gasteiger partial charge in [-0.25, -0.2) is 9.78 Å². The van der Waals surface area contributed by atoms with Gasteiger partial charge in [0.05, 0.1) is 7.11 Å². The number of carboxylic acids is 1. The van der Waals surface area contributed by atoms with Crippen LogP contribution in [0.15, 0.2) is 60.3 Å². The minimum absolute atomic E-state index is 0.0386. The van der Waals surface area contributed by atoms with Crippen LogP contribution in [0, 0.1) is 5.92 Å². The van der Waals surface area contributed by atoms with Gasteiger partial charge in [0.25, 0.3) is 11.8 Å². The largest absolute Gasteiger partial charge is 0.496 e. The monoisotopic (exact) mass is 529 g/mol. The number of anilines is 1. The van der Waals surface area contributed by atoms with Gasteiger partial charge in [-0.05, 0) is 67.3 Å². The number of benzene rings is 2. The van der Waals surface area contributed by atoms with Crippen molar-refractivity contribution in [3.8, 4) is 16.9 Å². The van der Waals surface area contributed by atoms with Crippen molar-refractivity contribution in [1.29, 1.82) is 0 Å². The lowest BCUT2D eigenvalue weighted by atomic mass is 9.94. The van der Waals surface area contributed by atoms with Crippen molar-refractivity contribution in [2.24, 2.45) is 16.8 Å². The van der Waals surface area contributed by atoms with Gasteiger partial charge in [0.15, 0.2) is 11.5 Å². The maximum Gasteiger partial charge on any atom is 0.355 e. The van der Waals surface area contributed by atoms with Gasteiger partial charge in [0.2, 0.25) is 0 Å². The number of aromatic carboxylic acids is 1. The van der Waals surface area contributed by atoms with E-state index in [-0.39, 0.29) is 33.9 Å². The Morgan fingerprint density at radius 1 is 1.13 bits per heavy atom. The van der Waals surface area contributed by atoms with Crippen LogP contribution in [0.2, 0.25) is 0 Å². The molecule has 0 saturated heterocycles. The Labute approximate surface area is 224 Å². The van der Waals surface area contributed by atoms with Gasteiger partial charge in [-0.3, -0.25) is 9.59 Å². The van der Waals surface area contributed by atoms with Crippen LogP contribution >= 0.6 is 0 Å². The highest BCUT2D eigenvalue weighted by Crippen LogP contribution is 2.34. The van der Waals surface area contributed by atoms with Crippen molar-refractivity contribution < 1.29 is 29.4 Å². The van der Waals surface area contributed by atoms with Crippen LogP contribution in [-0.2, 0) is 0 Å². The number of rotatable bonds is 10. The van der Waals surface area contributed by atoms with Crippen LogP contribution in [0.4, 0.5) is 5.69 Å². The lowest BCUT2D eigenvalue weighted by molar-refractivity contribution is 0.0691. The predicted octanol–water partition coefficient (Wildman–Crippen LogP) is 3.59. The van der Waals surface area contributed by atoms with E-state index in [1.54, 1.807) is 24.3 Å². The molecule has 1 aromatic heterocycles. The van der Waals surface area contributed by atoms with Crippen molar-refractivity contribution >= 4 is 35.4 Å². The van der Waals surface area contributed by atoms with E-state index in [2.05, 4.69) is 27.4 Å². The molecule has 200 valence electrons. The van der Waals surface area contributed by atoms with E-state index in [1.807, 2.05) is 0 Å². The third-order valence-corrected chi connectivity index (χ3v) is 6.25. The molecule has 2 aromatic carbocycles. The summed E-state index contributed by atoms with van der Waals surface area (Å²) in [5.41, 5.74) is 7.03. The Balaban J connectivity index is 1.75. The molecule has 1 fully saturated rings. The van der Waals surface area contributed by atoms with Crippen LogP contribution < -0.4 is 21.1 Å². The van der Waals surface area contributed by atoms with Gasteiger partial charge in [-0.15, -0.1) is 0 Å². The lowest BCUT2D eigenvalue weighted by Crippen LogP contribution is -2.27. The molecule has 1 aliphatic rings. The van der Waals surface area contributed by atoms with E-state index in [9.17, 15) is 19.5 Å². The van der Waals surface area contributed by atoms with E-state index in [1.165, 1.54) is 37.5 Å². The van der Waals surface area contributed by atoms with Gasteiger partial charge in [0.1, 0.15) is 11.4 Å². The van der Waals surface area contributed by atoms with Crippen molar-refractivity contribution in [2.75, 3.05) is 19.0 Å². The van der Waals surface area contributed by atoms with Crippen LogP contribution in [0.3, 0.4) is 0 Å². The number of methoxy groups -OCH3 is 1. The molecule has 39 heavy (non-hydrogen) atoms. The number of nitrogens with two attached hydrogens (primary N) is 1. The second-order valence-corrected chi connectivity index (χ2v) is 8.91. The number of aromatic nitrogens is 1. The number of amides is 2. The van der Waals surface area contributed by atoms with E-state index < -0.39 is 17.8 Å². The number of carboxylic acid groups (broad SMARTS) is 1. The summed E-state index contributed by atoms with van der Waals surface area (Å²) in [6, 6.07) is 12.2. The molecule has 4 rings (SSSR count).